The molecular formula is C93H144O17P2. The van der Waals surface area contributed by atoms with E-state index in [1.807, 2.05) is 54.7 Å². The van der Waals surface area contributed by atoms with Crippen molar-refractivity contribution in [3.63, 3.8) is 0 Å². The van der Waals surface area contributed by atoms with E-state index < -0.39 is 97.5 Å². The summed E-state index contributed by atoms with van der Waals surface area (Å²) in [6.07, 6.45) is 106. The lowest BCUT2D eigenvalue weighted by molar-refractivity contribution is -0.161. The summed E-state index contributed by atoms with van der Waals surface area (Å²) in [5.41, 5.74) is 0. The van der Waals surface area contributed by atoms with E-state index in [1.165, 1.54) is 38.5 Å². The molecule has 0 radical (unpaired) electrons. The molecule has 0 rings (SSSR count). The molecule has 0 heterocycles. The Hall–Kier alpha value is -6.88. The van der Waals surface area contributed by atoms with Crippen molar-refractivity contribution in [2.45, 2.75) is 290 Å². The maximum atomic E-state index is 13.1. The number of hydrogen-bond acceptors (Lipinski definition) is 15. The number of allylic oxidation sites excluding steroid dienone is 38. The average Bonchev–Trinajstić information content (AvgIpc) is 0.898. The summed E-state index contributed by atoms with van der Waals surface area (Å²) in [6.45, 7) is 4.23. The smallest absolute Gasteiger partial charge is 0.462 e. The summed E-state index contributed by atoms with van der Waals surface area (Å²) < 4.78 is 68.5. The van der Waals surface area contributed by atoms with Gasteiger partial charge in [-0.3, -0.25) is 37.3 Å². The van der Waals surface area contributed by atoms with Crippen LogP contribution >= 0.6 is 15.6 Å². The van der Waals surface area contributed by atoms with E-state index in [0.717, 1.165) is 135 Å². The van der Waals surface area contributed by atoms with Crippen LogP contribution < -0.4 is 0 Å². The van der Waals surface area contributed by atoms with Crippen LogP contribution in [0.5, 0.6) is 0 Å². The molecule has 0 spiro atoms. The van der Waals surface area contributed by atoms with Crippen LogP contribution in [0.3, 0.4) is 0 Å². The third kappa shape index (κ3) is 81.1. The van der Waals surface area contributed by atoms with Crippen molar-refractivity contribution in [3.05, 3.63) is 231 Å². The zero-order valence-electron chi connectivity index (χ0n) is 68.7. The molecule has 0 amide bonds. The molecule has 5 unspecified atom stereocenters. The average molecular weight is 1600 g/mol. The Kier molecular flexibility index (Phi) is 77.1. The van der Waals surface area contributed by atoms with Gasteiger partial charge in [0, 0.05) is 25.7 Å². The molecule has 0 aliphatic carbocycles. The first-order valence-corrected chi connectivity index (χ1v) is 44.6. The van der Waals surface area contributed by atoms with Crippen molar-refractivity contribution in [2.24, 2.45) is 0 Å². The number of hydrogen-bond donors (Lipinski definition) is 3. The molecule has 0 aromatic heterocycles. The van der Waals surface area contributed by atoms with Crippen LogP contribution in [0.15, 0.2) is 231 Å². The second-order valence-electron chi connectivity index (χ2n) is 26.6. The second-order valence-corrected chi connectivity index (χ2v) is 29.5. The zero-order valence-corrected chi connectivity index (χ0v) is 70.5. The van der Waals surface area contributed by atoms with E-state index in [-0.39, 0.29) is 25.7 Å². The molecule has 17 nitrogen and oxygen atoms in total. The number of phosphoric ester groups is 2. The number of rotatable bonds is 75. The van der Waals surface area contributed by atoms with Crippen LogP contribution in [-0.4, -0.2) is 96.7 Å². The highest BCUT2D eigenvalue weighted by Gasteiger charge is 2.30. The summed E-state index contributed by atoms with van der Waals surface area (Å²) in [4.78, 5) is 73.1. The van der Waals surface area contributed by atoms with Gasteiger partial charge in [-0.15, -0.1) is 0 Å². The number of esters is 4. The summed E-state index contributed by atoms with van der Waals surface area (Å²) in [5.74, 6) is -2.51. The Morgan fingerprint density at radius 2 is 0.482 bits per heavy atom. The quantitative estimate of drug-likeness (QED) is 0.0169. The third-order valence-electron chi connectivity index (χ3n) is 16.1. The van der Waals surface area contributed by atoms with Crippen molar-refractivity contribution < 1.29 is 80.2 Å². The minimum Gasteiger partial charge on any atom is -0.462 e. The Bertz CT molecular complexity index is 3040. The molecule has 0 aromatic rings. The molecule has 3 N–H and O–H groups in total. The largest absolute Gasteiger partial charge is 0.472 e. The van der Waals surface area contributed by atoms with Gasteiger partial charge in [-0.1, -0.05) is 310 Å². The lowest BCUT2D eigenvalue weighted by atomic mass is 10.1. The first-order chi connectivity index (χ1) is 54.7. The van der Waals surface area contributed by atoms with Crippen molar-refractivity contribution in [1.29, 1.82) is 0 Å². The Morgan fingerprint density at radius 3 is 0.768 bits per heavy atom. The van der Waals surface area contributed by atoms with Gasteiger partial charge in [-0.25, -0.2) is 9.13 Å². The van der Waals surface area contributed by atoms with Crippen LogP contribution in [-0.2, 0) is 65.4 Å². The predicted molar refractivity (Wildman–Crippen MR) is 463 cm³/mol. The summed E-state index contributed by atoms with van der Waals surface area (Å²) in [6, 6.07) is 0. The molecule has 0 bridgehead atoms. The van der Waals surface area contributed by atoms with Gasteiger partial charge in [0.05, 0.1) is 26.4 Å². The van der Waals surface area contributed by atoms with Gasteiger partial charge in [0.15, 0.2) is 12.2 Å². The van der Waals surface area contributed by atoms with Gasteiger partial charge >= 0.3 is 39.5 Å². The monoisotopic (exact) mass is 1590 g/mol. The van der Waals surface area contributed by atoms with Crippen molar-refractivity contribution in [1.82, 2.24) is 0 Å². The van der Waals surface area contributed by atoms with Crippen LogP contribution in [0.4, 0.5) is 0 Å². The van der Waals surface area contributed by atoms with E-state index in [0.29, 0.717) is 44.9 Å². The molecule has 0 saturated carbocycles. The number of aliphatic hydroxyl groups excluding tert-OH is 1. The van der Waals surface area contributed by atoms with Gasteiger partial charge in [-0.2, -0.15) is 0 Å². The Labute approximate surface area is 676 Å². The normalized spacial score (nSPS) is 15.0. The molecule has 112 heavy (non-hydrogen) atoms. The second kappa shape index (κ2) is 82.1. The SMILES string of the molecule is CC/C=C\C/C=C\C/C=C\C/C=C\C/C=C\C/C=C\CCC(=O)OCC(COP(=O)(O)OCC(O)COP(=O)(O)OCC(COC(=O)CC/C=C\C/C=C\C/C=C\C/C=C\C/C=C\C/C=C\CC)OC(=O)CCCCCCC/C=C\CCCCCCCC)OC(=O)CC/C=C\C/C=C\C/C=C\C/C=C\C/C=C\C/C=C\CC. The number of unbranched alkanes of at least 4 members (excludes halogenated alkanes) is 11. The maximum Gasteiger partial charge on any atom is 0.472 e. The molecule has 19 heteroatoms. The van der Waals surface area contributed by atoms with Crippen molar-refractivity contribution in [3.8, 4) is 0 Å². The number of aliphatic hydroxyl groups is 1. The highest BCUT2D eigenvalue weighted by atomic mass is 31.2. The van der Waals surface area contributed by atoms with Gasteiger partial charge in [0.1, 0.15) is 19.3 Å². The molecule has 0 aliphatic rings. The first-order valence-electron chi connectivity index (χ1n) is 41.6. The third-order valence-corrected chi connectivity index (χ3v) is 18.0. The number of ether oxygens (including phenoxy) is 4. The topological polar surface area (TPSA) is 237 Å². The minimum atomic E-state index is -5.04. The molecule has 5 atom stereocenters. The predicted octanol–water partition coefficient (Wildman–Crippen LogP) is 25.0. The lowest BCUT2D eigenvalue weighted by Gasteiger charge is -2.21. The number of phosphoric acid groups is 2. The standard InChI is InChI=1S/C93H144O17P2/c1-5-9-13-17-21-25-29-33-37-40-43-46-50-53-57-61-65-69-73-77-90(95)103-83-88(109-92(97)79-75-71-67-63-59-55-49-36-32-28-24-20-16-12-8-4)85-107-111(99,100)105-81-87(94)82-106-112(101,102)108-86-89(110-93(98)80-76-72-68-64-60-56-52-48-45-42-39-35-31-27-23-19-15-11-7-3)84-104-91(96)78-74-70-66-62-58-54-51-47-44-41-38-34-30-26-22-18-14-10-6-2/h9-11,13-15,21-23,25-27,33-39,43-49,53-54,56-58,60,65-66,68-70,72,87-89,94H,5-8,12,16-20,24,28-32,40-42,50-52,55,59,61-64,67,71,73-86H2,1-4H3,(H,99,100)(H,101,102)/b13-9-,14-10-,15-11-,25-21-,26-22-,27-23-,37-33-,38-34-,39-35-,46-43-,47-44-,48-45-,49-36-,57-53-,58-54-,60-56-,69-65-,70-66-,72-68-. The fourth-order valence-corrected chi connectivity index (χ4v) is 11.5. The lowest BCUT2D eigenvalue weighted by Crippen LogP contribution is -2.30. The Balaban J connectivity index is 5.61. The van der Waals surface area contributed by atoms with E-state index in [4.69, 9.17) is 37.0 Å². The summed E-state index contributed by atoms with van der Waals surface area (Å²) in [5, 5.41) is 10.7. The summed E-state index contributed by atoms with van der Waals surface area (Å²) >= 11 is 0. The van der Waals surface area contributed by atoms with E-state index in [2.05, 4.69) is 204 Å². The van der Waals surface area contributed by atoms with E-state index in [1.54, 1.807) is 0 Å². The number of carbonyl (C=O) groups is 4. The highest BCUT2D eigenvalue weighted by molar-refractivity contribution is 7.47. The van der Waals surface area contributed by atoms with Crippen LogP contribution in [0, 0.1) is 0 Å². The van der Waals surface area contributed by atoms with Crippen molar-refractivity contribution >= 4 is 39.5 Å². The van der Waals surface area contributed by atoms with Gasteiger partial charge < -0.3 is 33.8 Å². The molecule has 628 valence electrons. The Morgan fingerprint density at radius 1 is 0.259 bits per heavy atom. The van der Waals surface area contributed by atoms with Crippen LogP contribution in [0.1, 0.15) is 272 Å². The van der Waals surface area contributed by atoms with Gasteiger partial charge in [-0.05, 0) is 167 Å². The highest BCUT2D eigenvalue weighted by Crippen LogP contribution is 2.45. The van der Waals surface area contributed by atoms with Crippen LogP contribution in [0.25, 0.3) is 0 Å². The van der Waals surface area contributed by atoms with Crippen molar-refractivity contribution in [2.75, 3.05) is 39.6 Å². The fraction of sp³-hybridized carbons (Fsp3) is 0.548. The molecular weight excluding hydrogens is 1450 g/mol. The first kappa shape index (κ1) is 105. The minimum absolute atomic E-state index is 0.00826. The maximum absolute atomic E-state index is 13.1. The molecule has 0 aromatic carbocycles. The molecule has 0 fully saturated rings. The van der Waals surface area contributed by atoms with Gasteiger partial charge in [0.25, 0.3) is 0 Å². The van der Waals surface area contributed by atoms with E-state index >= 15 is 0 Å². The summed E-state index contributed by atoms with van der Waals surface area (Å²) in [7, 11) is -10.1. The zero-order chi connectivity index (χ0) is 81.7. The fourth-order valence-electron chi connectivity index (χ4n) is 9.94. The number of carbonyl (C=O) groups excluding carboxylic acids is 4. The van der Waals surface area contributed by atoms with Gasteiger partial charge in [0.2, 0.25) is 0 Å². The van der Waals surface area contributed by atoms with Crippen LogP contribution in [0.2, 0.25) is 0 Å². The molecule has 0 saturated heterocycles. The van der Waals surface area contributed by atoms with E-state index in [9.17, 15) is 43.2 Å². The molecule has 0 aliphatic heterocycles.